The quantitative estimate of drug-likeness (QED) is 0.134. The van der Waals surface area contributed by atoms with Crippen molar-refractivity contribution in [3.63, 3.8) is 0 Å². The molecule has 2 atom stereocenters. The van der Waals surface area contributed by atoms with Crippen molar-refractivity contribution >= 4 is 36.8 Å². The summed E-state index contributed by atoms with van der Waals surface area (Å²) in [5.41, 5.74) is 3.06. The Kier molecular flexibility index (Phi) is 11.4. The SMILES string of the molecule is CC(C)[Si](OCCCC/C=C(\I)[C@H]1OC(c2ccccc2)=N[C@@H]1C1CCCCC1)(C(C)C)C(C)C. The fourth-order valence-electron chi connectivity index (χ4n) is 6.55. The summed E-state index contributed by atoms with van der Waals surface area (Å²) in [6.45, 7) is 15.1. The average molecular weight is 610 g/mol. The third-order valence-electron chi connectivity index (χ3n) is 8.24. The summed E-state index contributed by atoms with van der Waals surface area (Å²) >= 11 is 2.52. The normalized spacial score (nSPS) is 22.2. The van der Waals surface area contributed by atoms with Gasteiger partial charge in [0.1, 0.15) is 0 Å². The maximum atomic E-state index is 6.75. The number of unbranched alkanes of at least 4 members (excludes halogenated alkanes) is 2. The van der Waals surface area contributed by atoms with Gasteiger partial charge < -0.3 is 9.16 Å². The highest BCUT2D eigenvalue weighted by molar-refractivity contribution is 14.1. The monoisotopic (exact) mass is 609 g/mol. The Bertz CT molecular complexity index is 808. The number of nitrogens with zero attached hydrogens (tertiary/aromatic N) is 1. The lowest BCUT2D eigenvalue weighted by atomic mass is 9.82. The van der Waals surface area contributed by atoms with Crippen molar-refractivity contribution < 1.29 is 9.16 Å². The molecule has 1 heterocycles. The van der Waals surface area contributed by atoms with Gasteiger partial charge in [0, 0.05) is 15.8 Å². The molecule has 2 aliphatic rings. The van der Waals surface area contributed by atoms with Crippen molar-refractivity contribution in [2.75, 3.05) is 6.61 Å². The van der Waals surface area contributed by atoms with E-state index in [4.69, 9.17) is 14.2 Å². The Morgan fingerprint density at radius 1 is 1.00 bits per heavy atom. The lowest BCUT2D eigenvalue weighted by molar-refractivity contribution is 0.184. The van der Waals surface area contributed by atoms with Gasteiger partial charge in [0.05, 0.1) is 6.04 Å². The Hall–Kier alpha value is -0.663. The van der Waals surface area contributed by atoms with E-state index in [-0.39, 0.29) is 12.1 Å². The second kappa shape index (κ2) is 13.8. The number of ether oxygens (including phenoxy) is 1. The number of hydrogen-bond donors (Lipinski definition) is 0. The Balaban J connectivity index is 1.57. The van der Waals surface area contributed by atoms with Crippen molar-refractivity contribution in [3.05, 3.63) is 45.6 Å². The minimum absolute atomic E-state index is 0.0769. The first-order chi connectivity index (χ1) is 16.8. The number of halogens is 1. The number of aliphatic imine (C=N–C) groups is 1. The maximum absolute atomic E-state index is 6.75. The van der Waals surface area contributed by atoms with E-state index in [0.717, 1.165) is 30.9 Å². The van der Waals surface area contributed by atoms with E-state index in [1.165, 1.54) is 42.1 Å². The van der Waals surface area contributed by atoms with Gasteiger partial charge in [-0.3, -0.25) is 0 Å². The van der Waals surface area contributed by atoms with Crippen LogP contribution in [0.15, 0.2) is 45.0 Å². The topological polar surface area (TPSA) is 30.8 Å². The molecule has 1 aliphatic carbocycles. The molecule has 1 aliphatic heterocycles. The molecular weight excluding hydrogens is 561 g/mol. The summed E-state index contributed by atoms with van der Waals surface area (Å²) in [6, 6.07) is 10.7. The summed E-state index contributed by atoms with van der Waals surface area (Å²) in [5, 5.41) is 0. The van der Waals surface area contributed by atoms with Crippen LogP contribution in [0.3, 0.4) is 0 Å². The van der Waals surface area contributed by atoms with Crippen LogP contribution in [0.5, 0.6) is 0 Å². The number of benzene rings is 1. The van der Waals surface area contributed by atoms with Crippen molar-refractivity contribution in [2.24, 2.45) is 10.9 Å². The van der Waals surface area contributed by atoms with Crippen LogP contribution in [-0.4, -0.2) is 33.0 Å². The molecule has 0 amide bonds. The minimum Gasteiger partial charge on any atom is -0.466 e. The Morgan fingerprint density at radius 3 is 2.23 bits per heavy atom. The van der Waals surface area contributed by atoms with Crippen LogP contribution in [0.1, 0.15) is 98.5 Å². The molecule has 0 saturated heterocycles. The minimum atomic E-state index is -1.75. The first kappa shape index (κ1) is 28.9. The fraction of sp³-hybridized carbons (Fsp3) is 0.700. The van der Waals surface area contributed by atoms with Crippen LogP contribution in [0.25, 0.3) is 0 Å². The highest BCUT2D eigenvalue weighted by Crippen LogP contribution is 2.42. The summed E-state index contributed by atoms with van der Waals surface area (Å²) in [4.78, 5) is 5.15. The molecule has 1 fully saturated rings. The largest absolute Gasteiger partial charge is 0.466 e. The third kappa shape index (κ3) is 7.22. The summed E-state index contributed by atoms with van der Waals surface area (Å²) < 4.78 is 14.6. The van der Waals surface area contributed by atoms with Gasteiger partial charge in [-0.1, -0.05) is 85.1 Å². The molecule has 3 rings (SSSR count). The third-order valence-corrected chi connectivity index (χ3v) is 15.4. The van der Waals surface area contributed by atoms with Crippen molar-refractivity contribution in [3.8, 4) is 0 Å². The van der Waals surface area contributed by atoms with Gasteiger partial charge in [-0.15, -0.1) is 0 Å². The van der Waals surface area contributed by atoms with E-state index in [2.05, 4.69) is 101 Å². The van der Waals surface area contributed by atoms with Gasteiger partial charge in [-0.25, -0.2) is 4.99 Å². The van der Waals surface area contributed by atoms with E-state index >= 15 is 0 Å². The smallest absolute Gasteiger partial charge is 0.217 e. The van der Waals surface area contributed by atoms with Crippen LogP contribution in [0, 0.1) is 5.92 Å². The van der Waals surface area contributed by atoms with Crippen molar-refractivity contribution in [2.45, 2.75) is 122 Å². The molecule has 0 radical (unpaired) electrons. The van der Waals surface area contributed by atoms with E-state index in [1.807, 2.05) is 0 Å². The van der Waals surface area contributed by atoms with Crippen LogP contribution >= 0.6 is 22.6 Å². The highest BCUT2D eigenvalue weighted by Gasteiger charge is 2.44. The maximum Gasteiger partial charge on any atom is 0.217 e. The molecule has 0 aromatic heterocycles. The molecule has 0 N–H and O–H groups in total. The van der Waals surface area contributed by atoms with Crippen LogP contribution < -0.4 is 0 Å². The fourth-order valence-corrected chi connectivity index (χ4v) is 12.9. The molecule has 1 saturated carbocycles. The first-order valence-electron chi connectivity index (χ1n) is 14.1. The molecule has 3 nitrogen and oxygen atoms in total. The van der Waals surface area contributed by atoms with Gasteiger partial charge in [-0.2, -0.15) is 0 Å². The molecule has 0 spiro atoms. The molecular formula is C30H48INO2Si. The van der Waals surface area contributed by atoms with E-state index in [9.17, 15) is 0 Å². The summed E-state index contributed by atoms with van der Waals surface area (Å²) in [6.07, 6.45) is 12.5. The Labute approximate surface area is 229 Å². The van der Waals surface area contributed by atoms with Crippen LogP contribution in [0.4, 0.5) is 0 Å². The second-order valence-electron chi connectivity index (χ2n) is 11.5. The van der Waals surface area contributed by atoms with Gasteiger partial charge in [-0.05, 0) is 89.4 Å². The lowest BCUT2D eigenvalue weighted by Crippen LogP contribution is -2.47. The standard InChI is InChI=1S/C30H48INO2Si/c1-22(2)35(23(3)4,24(5)6)33-21-15-9-14-20-27(31)29-28(25-16-10-7-11-17-25)32-30(34-29)26-18-12-8-13-19-26/h8,12-13,18-20,22-25,28-29H,7,9-11,14-17,21H2,1-6H3/b27-20-/t28-,29-/m1/s1. The van der Waals surface area contributed by atoms with Gasteiger partial charge >= 0.3 is 0 Å². The molecule has 1 aromatic carbocycles. The molecule has 196 valence electrons. The predicted octanol–water partition coefficient (Wildman–Crippen LogP) is 9.46. The van der Waals surface area contributed by atoms with E-state index in [1.54, 1.807) is 0 Å². The molecule has 0 bridgehead atoms. The molecule has 0 unspecified atom stereocenters. The van der Waals surface area contributed by atoms with Gasteiger partial charge in [0.15, 0.2) is 14.4 Å². The van der Waals surface area contributed by atoms with Crippen molar-refractivity contribution in [1.82, 2.24) is 0 Å². The van der Waals surface area contributed by atoms with E-state index in [0.29, 0.717) is 22.5 Å². The summed E-state index contributed by atoms with van der Waals surface area (Å²) in [5.74, 6) is 1.47. The second-order valence-corrected chi connectivity index (χ2v) is 18.2. The zero-order valence-electron chi connectivity index (χ0n) is 22.9. The van der Waals surface area contributed by atoms with Crippen LogP contribution in [0.2, 0.25) is 16.6 Å². The predicted molar refractivity (Wildman–Crippen MR) is 161 cm³/mol. The zero-order valence-corrected chi connectivity index (χ0v) is 26.1. The number of hydrogen-bond acceptors (Lipinski definition) is 3. The summed E-state index contributed by atoms with van der Waals surface area (Å²) in [7, 11) is -1.75. The van der Waals surface area contributed by atoms with Gasteiger partial charge in [0.2, 0.25) is 5.90 Å². The molecule has 5 heteroatoms. The first-order valence-corrected chi connectivity index (χ1v) is 17.3. The Morgan fingerprint density at radius 2 is 1.63 bits per heavy atom. The molecule has 1 aromatic rings. The average Bonchev–Trinajstić information content (AvgIpc) is 3.29. The van der Waals surface area contributed by atoms with Crippen LogP contribution in [-0.2, 0) is 9.16 Å². The number of rotatable bonds is 12. The zero-order chi connectivity index (χ0) is 25.4. The highest BCUT2D eigenvalue weighted by atomic mass is 127. The lowest BCUT2D eigenvalue weighted by Gasteiger charge is -2.42. The number of allylic oxidation sites excluding steroid dienone is 1. The van der Waals surface area contributed by atoms with Crippen molar-refractivity contribution in [1.29, 1.82) is 0 Å². The van der Waals surface area contributed by atoms with E-state index < -0.39 is 8.32 Å². The molecule has 35 heavy (non-hydrogen) atoms. The van der Waals surface area contributed by atoms with Gasteiger partial charge in [0.25, 0.3) is 0 Å².